The van der Waals surface area contributed by atoms with E-state index in [-0.39, 0.29) is 5.60 Å². The number of rotatable bonds is 6. The lowest BCUT2D eigenvalue weighted by Gasteiger charge is -2.44. The van der Waals surface area contributed by atoms with Gasteiger partial charge in [0.15, 0.2) is 0 Å². The number of hydrogen-bond acceptors (Lipinski definition) is 4. The predicted octanol–water partition coefficient (Wildman–Crippen LogP) is 2.98. The smallest absolute Gasteiger partial charge is 0.145 e. The minimum Gasteiger partial charge on any atom is -0.483 e. The quantitative estimate of drug-likeness (QED) is 0.818. The van der Waals surface area contributed by atoms with Crippen LogP contribution >= 0.6 is 0 Å². The fourth-order valence-electron chi connectivity index (χ4n) is 2.97. The summed E-state index contributed by atoms with van der Waals surface area (Å²) in [5, 5.41) is 0. The summed E-state index contributed by atoms with van der Waals surface area (Å²) in [6.45, 7) is 7.54. The molecule has 4 nitrogen and oxygen atoms in total. The average Bonchev–Trinajstić information content (AvgIpc) is 2.46. The molecule has 21 heavy (non-hydrogen) atoms. The highest BCUT2D eigenvalue weighted by atomic mass is 16.5. The van der Waals surface area contributed by atoms with Crippen molar-refractivity contribution in [3.8, 4) is 5.75 Å². The topological polar surface area (TPSA) is 41.7 Å². The highest BCUT2D eigenvalue weighted by Gasteiger charge is 2.36. The van der Waals surface area contributed by atoms with Crippen molar-refractivity contribution in [1.82, 2.24) is 4.90 Å². The van der Waals surface area contributed by atoms with Gasteiger partial charge in [0.05, 0.1) is 12.2 Å². The van der Waals surface area contributed by atoms with E-state index in [0.717, 1.165) is 50.3 Å². The van der Waals surface area contributed by atoms with E-state index in [0.29, 0.717) is 0 Å². The highest BCUT2D eigenvalue weighted by Crippen LogP contribution is 2.40. The number of ether oxygens (including phenoxy) is 1. The Morgan fingerprint density at radius 3 is 2.62 bits per heavy atom. The summed E-state index contributed by atoms with van der Waals surface area (Å²) in [5.41, 5.74) is 7.80. The number of nitrogen functional groups attached to an aromatic ring is 1. The minimum absolute atomic E-state index is 0.0844. The summed E-state index contributed by atoms with van der Waals surface area (Å²) < 4.78 is 6.32. The van der Waals surface area contributed by atoms with Gasteiger partial charge in [-0.1, -0.05) is 13.8 Å². The number of benzene rings is 1. The Hall–Kier alpha value is -1.42. The number of fused-ring (bicyclic) bond motifs is 1. The van der Waals surface area contributed by atoms with E-state index < -0.39 is 0 Å². The Labute approximate surface area is 128 Å². The predicted molar refractivity (Wildman–Crippen MR) is 90.2 cm³/mol. The molecule has 0 saturated heterocycles. The van der Waals surface area contributed by atoms with Gasteiger partial charge < -0.3 is 20.3 Å². The zero-order chi connectivity index (χ0) is 15.5. The van der Waals surface area contributed by atoms with Crippen LogP contribution in [0.4, 0.5) is 11.4 Å². The molecular weight excluding hydrogens is 262 g/mol. The van der Waals surface area contributed by atoms with Gasteiger partial charge in [-0.2, -0.15) is 0 Å². The zero-order valence-corrected chi connectivity index (χ0v) is 13.9. The molecule has 4 heteroatoms. The third-order valence-corrected chi connectivity index (χ3v) is 4.45. The summed E-state index contributed by atoms with van der Waals surface area (Å²) >= 11 is 0. The van der Waals surface area contributed by atoms with E-state index in [1.54, 1.807) is 0 Å². The van der Waals surface area contributed by atoms with Crippen molar-refractivity contribution < 1.29 is 4.74 Å². The van der Waals surface area contributed by atoms with E-state index >= 15 is 0 Å². The largest absolute Gasteiger partial charge is 0.483 e. The van der Waals surface area contributed by atoms with Crippen LogP contribution in [-0.2, 0) is 0 Å². The van der Waals surface area contributed by atoms with Gasteiger partial charge in [0.2, 0.25) is 0 Å². The van der Waals surface area contributed by atoms with Gasteiger partial charge >= 0.3 is 0 Å². The maximum atomic E-state index is 6.32. The van der Waals surface area contributed by atoms with Crippen LogP contribution < -0.4 is 15.4 Å². The molecule has 0 amide bonds. The van der Waals surface area contributed by atoms with Crippen LogP contribution in [0.2, 0.25) is 0 Å². The summed E-state index contributed by atoms with van der Waals surface area (Å²) in [7, 11) is 4.24. The standard InChI is InChI=1S/C17H29N3O/c1-5-17(6-2)13-20(11-7-10-19(3)4)15-9-8-14(18)12-16(15)21-17/h8-9,12H,5-7,10-11,13,18H2,1-4H3. The van der Waals surface area contributed by atoms with Gasteiger partial charge in [-0.05, 0) is 52.0 Å². The average molecular weight is 291 g/mol. The molecule has 1 aliphatic heterocycles. The Morgan fingerprint density at radius 1 is 1.29 bits per heavy atom. The molecule has 0 spiro atoms. The molecule has 0 bridgehead atoms. The second kappa shape index (κ2) is 6.56. The van der Waals surface area contributed by atoms with Crippen LogP contribution in [-0.4, -0.2) is 44.2 Å². The van der Waals surface area contributed by atoms with E-state index in [9.17, 15) is 0 Å². The molecular formula is C17H29N3O. The van der Waals surface area contributed by atoms with E-state index in [4.69, 9.17) is 10.5 Å². The Bertz CT molecular complexity index is 469. The molecule has 0 unspecified atom stereocenters. The number of anilines is 2. The molecule has 2 rings (SSSR count). The van der Waals surface area contributed by atoms with E-state index in [1.165, 1.54) is 5.69 Å². The van der Waals surface area contributed by atoms with Crippen LogP contribution in [0.15, 0.2) is 18.2 Å². The maximum Gasteiger partial charge on any atom is 0.145 e. The van der Waals surface area contributed by atoms with Gasteiger partial charge in [-0.3, -0.25) is 0 Å². The second-order valence-electron chi connectivity index (χ2n) is 6.30. The van der Waals surface area contributed by atoms with Gasteiger partial charge in [-0.25, -0.2) is 0 Å². The summed E-state index contributed by atoms with van der Waals surface area (Å²) in [6, 6.07) is 6.02. The molecule has 118 valence electrons. The summed E-state index contributed by atoms with van der Waals surface area (Å²) in [5.74, 6) is 0.940. The fourth-order valence-corrected chi connectivity index (χ4v) is 2.97. The van der Waals surface area contributed by atoms with Crippen molar-refractivity contribution in [2.24, 2.45) is 0 Å². The van der Waals surface area contributed by atoms with Crippen molar-refractivity contribution in [1.29, 1.82) is 0 Å². The van der Waals surface area contributed by atoms with Gasteiger partial charge in [0.25, 0.3) is 0 Å². The Morgan fingerprint density at radius 2 is 2.00 bits per heavy atom. The lowest BCUT2D eigenvalue weighted by atomic mass is 9.93. The molecule has 2 N–H and O–H groups in total. The van der Waals surface area contributed by atoms with Crippen LogP contribution in [0.1, 0.15) is 33.1 Å². The third-order valence-electron chi connectivity index (χ3n) is 4.45. The number of nitrogens with zero attached hydrogens (tertiary/aromatic N) is 2. The first-order chi connectivity index (χ1) is 9.99. The first-order valence-electron chi connectivity index (χ1n) is 7.98. The van der Waals surface area contributed by atoms with Crippen molar-refractivity contribution in [3.63, 3.8) is 0 Å². The van der Waals surface area contributed by atoms with E-state index in [1.807, 2.05) is 12.1 Å². The summed E-state index contributed by atoms with van der Waals surface area (Å²) in [6.07, 6.45) is 3.18. The molecule has 1 aliphatic rings. The van der Waals surface area contributed by atoms with Crippen LogP contribution in [0.5, 0.6) is 5.75 Å². The molecule has 0 aromatic heterocycles. The zero-order valence-electron chi connectivity index (χ0n) is 13.9. The van der Waals surface area contributed by atoms with Crippen molar-refractivity contribution >= 4 is 11.4 Å². The normalized spacial score (nSPS) is 16.7. The Kier molecular flexibility index (Phi) is 4.99. The molecule has 0 aliphatic carbocycles. The van der Waals surface area contributed by atoms with Gasteiger partial charge in [0.1, 0.15) is 11.4 Å². The third kappa shape index (κ3) is 3.62. The SMILES string of the molecule is CCC1(CC)CN(CCCN(C)C)c2ccc(N)cc2O1. The van der Waals surface area contributed by atoms with Crippen molar-refractivity contribution in [2.75, 3.05) is 44.4 Å². The summed E-state index contributed by atoms with van der Waals surface area (Å²) in [4.78, 5) is 4.70. The molecule has 1 aromatic rings. The number of hydrogen-bond donors (Lipinski definition) is 1. The molecule has 1 aromatic carbocycles. The van der Waals surface area contributed by atoms with Gasteiger partial charge in [-0.15, -0.1) is 0 Å². The molecule has 0 fully saturated rings. The van der Waals surface area contributed by atoms with Crippen LogP contribution in [0.3, 0.4) is 0 Å². The molecule has 1 heterocycles. The van der Waals surface area contributed by atoms with E-state index in [2.05, 4.69) is 43.8 Å². The first kappa shape index (κ1) is 16.0. The maximum absolute atomic E-state index is 6.32. The van der Waals surface area contributed by atoms with Crippen LogP contribution in [0, 0.1) is 0 Å². The first-order valence-corrected chi connectivity index (χ1v) is 7.98. The molecule has 0 radical (unpaired) electrons. The van der Waals surface area contributed by atoms with Crippen molar-refractivity contribution in [3.05, 3.63) is 18.2 Å². The number of nitrogens with two attached hydrogens (primary N) is 1. The fraction of sp³-hybridized carbons (Fsp3) is 0.647. The van der Waals surface area contributed by atoms with Gasteiger partial charge in [0, 0.05) is 18.3 Å². The lowest BCUT2D eigenvalue weighted by molar-refractivity contribution is 0.0574. The second-order valence-corrected chi connectivity index (χ2v) is 6.30. The lowest BCUT2D eigenvalue weighted by Crippen LogP contribution is -2.50. The minimum atomic E-state index is -0.0844. The monoisotopic (exact) mass is 291 g/mol. The highest BCUT2D eigenvalue weighted by molar-refractivity contribution is 5.65. The van der Waals surface area contributed by atoms with Crippen molar-refractivity contribution in [2.45, 2.75) is 38.7 Å². The molecule has 0 saturated carbocycles. The Balaban J connectivity index is 2.22. The molecule has 0 atom stereocenters. The van der Waals surface area contributed by atoms with Crippen LogP contribution in [0.25, 0.3) is 0 Å².